The lowest BCUT2D eigenvalue weighted by atomic mass is 9.83. The number of hydrogen-bond donors (Lipinski definition) is 0. The lowest BCUT2D eigenvalue weighted by molar-refractivity contribution is -0.385. The third-order valence-electron chi connectivity index (χ3n) is 4.56. The van der Waals surface area contributed by atoms with Crippen LogP contribution in [0.5, 0.6) is 5.75 Å². The van der Waals surface area contributed by atoms with Crippen LogP contribution in [0.2, 0.25) is 0 Å². The first-order valence-electron chi connectivity index (χ1n) is 8.29. The van der Waals surface area contributed by atoms with E-state index in [0.29, 0.717) is 22.7 Å². The van der Waals surface area contributed by atoms with Crippen LogP contribution in [-0.2, 0) is 6.61 Å². The highest BCUT2D eigenvalue weighted by Crippen LogP contribution is 2.42. The van der Waals surface area contributed by atoms with Crippen LogP contribution in [0.3, 0.4) is 0 Å². The molecular formula is C19H20BrNO3. The van der Waals surface area contributed by atoms with Crippen LogP contribution in [0.4, 0.5) is 5.69 Å². The third-order valence-corrected chi connectivity index (χ3v) is 5.19. The molecule has 24 heavy (non-hydrogen) atoms. The Morgan fingerprint density at radius 3 is 2.50 bits per heavy atom. The maximum Gasteiger partial charge on any atom is 0.287 e. The fourth-order valence-corrected chi connectivity index (χ4v) is 3.80. The molecule has 0 spiro atoms. The minimum Gasteiger partial charge on any atom is -0.488 e. The van der Waals surface area contributed by atoms with Crippen LogP contribution in [0.15, 0.2) is 46.9 Å². The maximum absolute atomic E-state index is 11.3. The Balaban J connectivity index is 1.90. The molecule has 0 radical (unpaired) electrons. The van der Waals surface area contributed by atoms with Crippen LogP contribution in [0, 0.1) is 10.1 Å². The molecule has 0 N–H and O–H groups in total. The second-order valence-corrected chi connectivity index (χ2v) is 7.06. The molecule has 1 aliphatic rings. The van der Waals surface area contributed by atoms with Crippen LogP contribution >= 0.6 is 15.9 Å². The van der Waals surface area contributed by atoms with Crippen molar-refractivity contribution in [3.05, 3.63) is 68.2 Å². The highest BCUT2D eigenvalue weighted by atomic mass is 79.9. The van der Waals surface area contributed by atoms with Crippen molar-refractivity contribution in [2.24, 2.45) is 0 Å². The monoisotopic (exact) mass is 389 g/mol. The predicted molar refractivity (Wildman–Crippen MR) is 97.4 cm³/mol. The van der Waals surface area contributed by atoms with Gasteiger partial charge in [-0.2, -0.15) is 0 Å². The fourth-order valence-electron chi connectivity index (χ4n) is 3.29. The van der Waals surface area contributed by atoms with Gasteiger partial charge in [0, 0.05) is 0 Å². The lowest BCUT2D eigenvalue weighted by Crippen LogP contribution is -2.08. The van der Waals surface area contributed by atoms with Crippen LogP contribution in [-0.4, -0.2) is 4.92 Å². The lowest BCUT2D eigenvalue weighted by Gasteiger charge is -2.24. The number of nitro benzene ring substituents is 1. The van der Waals surface area contributed by atoms with Crippen molar-refractivity contribution in [3.8, 4) is 5.75 Å². The van der Waals surface area contributed by atoms with Crippen molar-refractivity contribution in [2.75, 3.05) is 0 Å². The summed E-state index contributed by atoms with van der Waals surface area (Å²) >= 11 is 3.35. The molecule has 4 nitrogen and oxygen atoms in total. The molecule has 1 saturated carbocycles. The highest BCUT2D eigenvalue weighted by Gasteiger charge is 2.24. The molecule has 2 aromatic carbocycles. The van der Waals surface area contributed by atoms with E-state index in [-0.39, 0.29) is 10.6 Å². The molecule has 3 rings (SSSR count). The summed E-state index contributed by atoms with van der Waals surface area (Å²) in [7, 11) is 0. The number of benzene rings is 2. The van der Waals surface area contributed by atoms with Gasteiger partial charge < -0.3 is 4.74 Å². The fraction of sp³-hybridized carbons (Fsp3) is 0.368. The molecule has 1 aliphatic carbocycles. The summed E-state index contributed by atoms with van der Waals surface area (Å²) in [4.78, 5) is 10.9. The van der Waals surface area contributed by atoms with Gasteiger partial charge in [-0.15, -0.1) is 0 Å². The average Bonchev–Trinajstić information content (AvgIpc) is 2.61. The summed E-state index contributed by atoms with van der Waals surface area (Å²) in [6, 6.07) is 13.3. The zero-order valence-electron chi connectivity index (χ0n) is 13.4. The first-order valence-corrected chi connectivity index (χ1v) is 9.09. The molecular weight excluding hydrogens is 370 g/mol. The van der Waals surface area contributed by atoms with Gasteiger partial charge in [-0.3, -0.25) is 10.1 Å². The van der Waals surface area contributed by atoms with Crippen LogP contribution < -0.4 is 4.74 Å². The van der Waals surface area contributed by atoms with Gasteiger partial charge in [-0.25, -0.2) is 0 Å². The van der Waals surface area contributed by atoms with E-state index in [2.05, 4.69) is 15.9 Å². The molecule has 0 atom stereocenters. The molecule has 126 valence electrons. The number of rotatable bonds is 5. The van der Waals surface area contributed by atoms with Crippen molar-refractivity contribution in [2.45, 2.75) is 44.6 Å². The van der Waals surface area contributed by atoms with Gasteiger partial charge in [0.25, 0.3) is 5.69 Å². The van der Waals surface area contributed by atoms with Gasteiger partial charge in [-0.1, -0.05) is 49.6 Å². The second-order valence-electron chi connectivity index (χ2n) is 6.21. The Morgan fingerprint density at radius 1 is 1.12 bits per heavy atom. The molecule has 0 heterocycles. The minimum absolute atomic E-state index is 0.0534. The summed E-state index contributed by atoms with van der Waals surface area (Å²) in [6.07, 6.45) is 5.91. The number of halogens is 1. The molecule has 1 fully saturated rings. The van der Waals surface area contributed by atoms with Gasteiger partial charge in [-0.05, 0) is 51.9 Å². The van der Waals surface area contributed by atoms with Gasteiger partial charge >= 0.3 is 0 Å². The molecule has 0 amide bonds. The smallest absolute Gasteiger partial charge is 0.287 e. The quantitative estimate of drug-likeness (QED) is 0.466. The SMILES string of the molecule is O=[N+]([O-])c1cc(OCc2ccccc2)c(C2CCCCC2)cc1Br. The van der Waals surface area contributed by atoms with Crippen molar-refractivity contribution >= 4 is 21.6 Å². The molecule has 0 aromatic heterocycles. The molecule has 0 saturated heterocycles. The van der Waals surface area contributed by atoms with Crippen molar-refractivity contribution in [1.82, 2.24) is 0 Å². The summed E-state index contributed by atoms with van der Waals surface area (Å²) < 4.78 is 6.52. The van der Waals surface area contributed by atoms with E-state index in [1.807, 2.05) is 36.4 Å². The Kier molecular flexibility index (Phi) is 5.51. The van der Waals surface area contributed by atoms with E-state index in [1.165, 1.54) is 19.3 Å². The Labute approximate surface area is 150 Å². The standard InChI is InChI=1S/C19H20BrNO3/c20-17-11-16(15-9-5-2-6-10-15)19(12-18(17)21(22)23)24-13-14-7-3-1-4-8-14/h1,3-4,7-8,11-12,15H,2,5-6,9-10,13H2. The van der Waals surface area contributed by atoms with Gasteiger partial charge in [0.05, 0.1) is 15.5 Å². The first kappa shape index (κ1) is 17.0. The van der Waals surface area contributed by atoms with Gasteiger partial charge in [0.15, 0.2) is 0 Å². The van der Waals surface area contributed by atoms with Gasteiger partial charge in [0.2, 0.25) is 0 Å². The summed E-state index contributed by atoms with van der Waals surface area (Å²) in [5.41, 5.74) is 2.19. The third kappa shape index (κ3) is 3.96. The topological polar surface area (TPSA) is 52.4 Å². The molecule has 0 unspecified atom stereocenters. The molecule has 2 aromatic rings. The number of nitro groups is 1. The van der Waals surface area contributed by atoms with Crippen molar-refractivity contribution in [3.63, 3.8) is 0 Å². The van der Waals surface area contributed by atoms with E-state index in [4.69, 9.17) is 4.74 Å². The van der Waals surface area contributed by atoms with E-state index in [0.717, 1.165) is 24.0 Å². The van der Waals surface area contributed by atoms with E-state index >= 15 is 0 Å². The minimum atomic E-state index is -0.371. The molecule has 5 heteroatoms. The highest BCUT2D eigenvalue weighted by molar-refractivity contribution is 9.10. The van der Waals surface area contributed by atoms with Crippen molar-refractivity contribution < 1.29 is 9.66 Å². The van der Waals surface area contributed by atoms with E-state index in [9.17, 15) is 10.1 Å². The number of hydrogen-bond acceptors (Lipinski definition) is 3. The summed E-state index contributed by atoms with van der Waals surface area (Å²) in [5.74, 6) is 1.06. The van der Waals surface area contributed by atoms with E-state index in [1.54, 1.807) is 6.07 Å². The summed E-state index contributed by atoms with van der Waals surface area (Å²) in [5, 5.41) is 11.3. The van der Waals surface area contributed by atoms with Crippen LogP contribution in [0.1, 0.15) is 49.1 Å². The zero-order chi connectivity index (χ0) is 16.9. The first-order chi connectivity index (χ1) is 11.6. The zero-order valence-corrected chi connectivity index (χ0v) is 15.0. The second kappa shape index (κ2) is 7.79. The average molecular weight is 390 g/mol. The number of nitrogens with zero attached hydrogens (tertiary/aromatic N) is 1. The Hall–Kier alpha value is -1.88. The predicted octanol–water partition coefficient (Wildman–Crippen LogP) is 5.98. The van der Waals surface area contributed by atoms with Crippen molar-refractivity contribution in [1.29, 1.82) is 0 Å². The molecule has 0 aliphatic heterocycles. The Morgan fingerprint density at radius 2 is 1.83 bits per heavy atom. The normalized spacial score (nSPS) is 15.2. The van der Waals surface area contributed by atoms with Crippen LogP contribution in [0.25, 0.3) is 0 Å². The summed E-state index contributed by atoms with van der Waals surface area (Å²) in [6.45, 7) is 0.416. The maximum atomic E-state index is 11.3. The number of ether oxygens (including phenoxy) is 1. The van der Waals surface area contributed by atoms with Gasteiger partial charge in [0.1, 0.15) is 12.4 Å². The molecule has 0 bridgehead atoms. The Bertz CT molecular complexity index is 712. The van der Waals surface area contributed by atoms with E-state index < -0.39 is 0 Å². The largest absolute Gasteiger partial charge is 0.488 e.